The standard InChI is InChI=1S/C25H33ClO6/c1-4-31-18-7-5-16(6-8-18)11-17-12-20(21(26)19-9-10-32-25(17)19)15(3)23(29)24(30)22(28)14(2)13-27/h5-8,12,14-15,22-24,27-30H,4,9-11,13H2,1-3H3. The fourth-order valence-electron chi connectivity index (χ4n) is 4.12. The molecular formula is C25H33ClO6. The Morgan fingerprint density at radius 3 is 2.38 bits per heavy atom. The molecule has 5 atom stereocenters. The van der Waals surface area contributed by atoms with Crippen molar-refractivity contribution in [1.82, 2.24) is 0 Å². The van der Waals surface area contributed by atoms with E-state index in [0.717, 1.165) is 28.2 Å². The van der Waals surface area contributed by atoms with Crippen LogP contribution in [-0.4, -0.2) is 58.6 Å². The molecule has 0 radical (unpaired) electrons. The van der Waals surface area contributed by atoms with Gasteiger partial charge in [-0.1, -0.05) is 37.6 Å². The van der Waals surface area contributed by atoms with Gasteiger partial charge in [0.25, 0.3) is 0 Å². The molecule has 1 aliphatic heterocycles. The van der Waals surface area contributed by atoms with E-state index in [4.69, 9.17) is 21.1 Å². The Hall–Kier alpha value is -1.83. The lowest BCUT2D eigenvalue weighted by molar-refractivity contribution is -0.0910. The highest BCUT2D eigenvalue weighted by Crippen LogP contribution is 2.42. The molecule has 0 amide bonds. The Morgan fingerprint density at radius 1 is 1.06 bits per heavy atom. The van der Waals surface area contributed by atoms with Crippen LogP contribution in [0.25, 0.3) is 0 Å². The summed E-state index contributed by atoms with van der Waals surface area (Å²) in [6.07, 6.45) is -2.63. The molecule has 2 aromatic rings. The predicted molar refractivity (Wildman–Crippen MR) is 124 cm³/mol. The van der Waals surface area contributed by atoms with Gasteiger partial charge >= 0.3 is 0 Å². The number of aliphatic hydroxyl groups is 4. The molecule has 32 heavy (non-hydrogen) atoms. The molecule has 2 aromatic carbocycles. The van der Waals surface area contributed by atoms with E-state index < -0.39 is 30.1 Å². The van der Waals surface area contributed by atoms with E-state index in [2.05, 4.69) is 0 Å². The number of aliphatic hydroxyl groups excluding tert-OH is 4. The highest BCUT2D eigenvalue weighted by Gasteiger charge is 2.35. The SMILES string of the molecule is CCOc1ccc(Cc2cc(C(C)C(O)C(O)C(O)C(C)CO)c(Cl)c3c2OCC3)cc1. The molecule has 3 rings (SSSR count). The van der Waals surface area contributed by atoms with E-state index in [1.54, 1.807) is 13.8 Å². The minimum Gasteiger partial charge on any atom is -0.494 e. The van der Waals surface area contributed by atoms with Crippen LogP contribution in [0.1, 0.15) is 48.9 Å². The summed E-state index contributed by atoms with van der Waals surface area (Å²) in [5.41, 5.74) is 3.65. The first-order valence-corrected chi connectivity index (χ1v) is 11.5. The number of hydrogen-bond donors (Lipinski definition) is 4. The zero-order valence-electron chi connectivity index (χ0n) is 18.8. The third-order valence-corrected chi connectivity index (χ3v) is 6.66. The van der Waals surface area contributed by atoms with Gasteiger partial charge in [0.2, 0.25) is 0 Å². The fourth-order valence-corrected chi connectivity index (χ4v) is 4.53. The molecule has 7 heteroatoms. The number of benzene rings is 2. The second-order valence-corrected chi connectivity index (χ2v) is 8.90. The van der Waals surface area contributed by atoms with Crippen molar-refractivity contribution in [2.24, 2.45) is 5.92 Å². The minimum atomic E-state index is -1.41. The molecule has 1 heterocycles. The molecule has 0 saturated heterocycles. The third-order valence-electron chi connectivity index (χ3n) is 6.21. The Bertz CT molecular complexity index is 900. The van der Waals surface area contributed by atoms with Crippen LogP contribution in [0.4, 0.5) is 0 Å². The van der Waals surface area contributed by atoms with Gasteiger partial charge in [0.1, 0.15) is 17.6 Å². The molecule has 0 fully saturated rings. The first kappa shape index (κ1) is 24.8. The molecule has 0 aliphatic carbocycles. The summed E-state index contributed by atoms with van der Waals surface area (Å²) < 4.78 is 11.4. The second-order valence-electron chi connectivity index (χ2n) is 8.52. The fraction of sp³-hybridized carbons (Fsp3) is 0.520. The van der Waals surface area contributed by atoms with Crippen molar-refractivity contribution in [2.45, 2.75) is 57.8 Å². The highest BCUT2D eigenvalue weighted by molar-refractivity contribution is 6.32. The predicted octanol–water partition coefficient (Wildman–Crippen LogP) is 3.08. The number of halogens is 1. The van der Waals surface area contributed by atoms with Gasteiger partial charge in [0.05, 0.1) is 30.4 Å². The van der Waals surface area contributed by atoms with Crippen molar-refractivity contribution in [1.29, 1.82) is 0 Å². The second kappa shape index (κ2) is 10.9. The summed E-state index contributed by atoms with van der Waals surface area (Å²) >= 11 is 6.71. The summed E-state index contributed by atoms with van der Waals surface area (Å²) in [6, 6.07) is 9.81. The lowest BCUT2D eigenvalue weighted by atomic mass is 9.85. The third kappa shape index (κ3) is 5.21. The molecule has 0 aromatic heterocycles. The van der Waals surface area contributed by atoms with Crippen LogP contribution in [0, 0.1) is 5.92 Å². The average Bonchev–Trinajstić information content (AvgIpc) is 3.30. The normalized spacial score (nSPS) is 17.8. The molecule has 0 bridgehead atoms. The van der Waals surface area contributed by atoms with E-state index in [9.17, 15) is 20.4 Å². The molecule has 0 spiro atoms. The zero-order chi connectivity index (χ0) is 23.4. The maximum atomic E-state index is 10.8. The van der Waals surface area contributed by atoms with Gasteiger partial charge in [0, 0.05) is 36.8 Å². The van der Waals surface area contributed by atoms with Crippen molar-refractivity contribution in [3.05, 3.63) is 57.6 Å². The summed E-state index contributed by atoms with van der Waals surface area (Å²) in [7, 11) is 0. The number of hydrogen-bond acceptors (Lipinski definition) is 6. The van der Waals surface area contributed by atoms with Crippen molar-refractivity contribution < 1.29 is 29.9 Å². The Balaban J connectivity index is 1.90. The largest absolute Gasteiger partial charge is 0.494 e. The maximum Gasteiger partial charge on any atom is 0.127 e. The quantitative estimate of drug-likeness (QED) is 0.431. The summed E-state index contributed by atoms with van der Waals surface area (Å²) in [4.78, 5) is 0. The van der Waals surface area contributed by atoms with E-state index in [0.29, 0.717) is 36.6 Å². The summed E-state index contributed by atoms with van der Waals surface area (Å²) in [6.45, 7) is 6.19. The van der Waals surface area contributed by atoms with Crippen molar-refractivity contribution in [3.63, 3.8) is 0 Å². The van der Waals surface area contributed by atoms with Crippen molar-refractivity contribution in [3.8, 4) is 11.5 Å². The molecule has 176 valence electrons. The smallest absolute Gasteiger partial charge is 0.127 e. The van der Waals surface area contributed by atoms with Crippen LogP contribution < -0.4 is 9.47 Å². The lowest BCUT2D eigenvalue weighted by Crippen LogP contribution is -2.44. The number of rotatable bonds is 10. The molecule has 1 aliphatic rings. The Kier molecular flexibility index (Phi) is 8.42. The summed E-state index contributed by atoms with van der Waals surface area (Å²) in [5, 5.41) is 41.3. The van der Waals surface area contributed by atoms with Gasteiger partial charge in [-0.25, -0.2) is 0 Å². The molecule has 4 N–H and O–H groups in total. The average molecular weight is 465 g/mol. The van der Waals surface area contributed by atoms with Gasteiger partial charge in [-0.05, 0) is 41.8 Å². The van der Waals surface area contributed by atoms with Crippen LogP contribution in [0.5, 0.6) is 11.5 Å². The monoisotopic (exact) mass is 464 g/mol. The zero-order valence-corrected chi connectivity index (χ0v) is 19.5. The topological polar surface area (TPSA) is 99.4 Å². The number of ether oxygens (including phenoxy) is 2. The van der Waals surface area contributed by atoms with E-state index in [1.165, 1.54) is 0 Å². The minimum absolute atomic E-state index is 0.289. The van der Waals surface area contributed by atoms with Crippen LogP contribution in [0.2, 0.25) is 5.02 Å². The Morgan fingerprint density at radius 2 is 1.75 bits per heavy atom. The summed E-state index contributed by atoms with van der Waals surface area (Å²) in [5.74, 6) is 0.494. The van der Waals surface area contributed by atoms with Crippen LogP contribution in [-0.2, 0) is 12.8 Å². The Labute approximate surface area is 194 Å². The van der Waals surface area contributed by atoms with E-state index in [-0.39, 0.29) is 6.61 Å². The number of fused-ring (bicyclic) bond motifs is 1. The lowest BCUT2D eigenvalue weighted by Gasteiger charge is -2.31. The van der Waals surface area contributed by atoms with Gasteiger partial charge < -0.3 is 29.9 Å². The van der Waals surface area contributed by atoms with Crippen molar-refractivity contribution >= 4 is 11.6 Å². The van der Waals surface area contributed by atoms with Gasteiger partial charge in [0.15, 0.2) is 0 Å². The molecular weight excluding hydrogens is 432 g/mol. The van der Waals surface area contributed by atoms with E-state index >= 15 is 0 Å². The molecule has 6 nitrogen and oxygen atoms in total. The van der Waals surface area contributed by atoms with Crippen LogP contribution >= 0.6 is 11.6 Å². The van der Waals surface area contributed by atoms with Crippen LogP contribution in [0.3, 0.4) is 0 Å². The van der Waals surface area contributed by atoms with Gasteiger partial charge in [-0.15, -0.1) is 0 Å². The van der Waals surface area contributed by atoms with Gasteiger partial charge in [-0.2, -0.15) is 0 Å². The molecule has 0 saturated carbocycles. The maximum absolute atomic E-state index is 10.8. The van der Waals surface area contributed by atoms with E-state index in [1.807, 2.05) is 37.3 Å². The first-order valence-electron chi connectivity index (χ1n) is 11.1. The van der Waals surface area contributed by atoms with Crippen LogP contribution in [0.15, 0.2) is 30.3 Å². The molecule has 5 unspecified atom stereocenters. The van der Waals surface area contributed by atoms with Gasteiger partial charge in [-0.3, -0.25) is 0 Å². The highest BCUT2D eigenvalue weighted by atomic mass is 35.5. The first-order chi connectivity index (χ1) is 15.3. The van der Waals surface area contributed by atoms with Crippen molar-refractivity contribution in [2.75, 3.05) is 19.8 Å².